The third-order valence-electron chi connectivity index (χ3n) is 5.17. The molecule has 10 heteroatoms. The summed E-state index contributed by atoms with van der Waals surface area (Å²) in [5.74, 6) is 4.45. The van der Waals surface area contributed by atoms with E-state index >= 15 is 0 Å². The SMILES string of the molecule is CC(O)C(NC(=O)c1ccc(C#Cc2ccc(NC(=O)CN(C)CCN(C)C)cc2)cc1)C(=O)NO. The number of aliphatic hydroxyl groups excluding tert-OH is 1. The molecule has 192 valence electrons. The van der Waals surface area contributed by atoms with Gasteiger partial charge in [-0.15, -0.1) is 0 Å². The number of carbonyl (C=O) groups excluding carboxylic acids is 3. The van der Waals surface area contributed by atoms with Crippen molar-refractivity contribution in [3.8, 4) is 11.8 Å². The highest BCUT2D eigenvalue weighted by molar-refractivity contribution is 5.97. The zero-order chi connectivity index (χ0) is 26.7. The molecule has 0 saturated heterocycles. The quantitative estimate of drug-likeness (QED) is 0.184. The van der Waals surface area contributed by atoms with Crippen molar-refractivity contribution in [3.63, 3.8) is 0 Å². The number of anilines is 1. The Labute approximate surface area is 211 Å². The molecule has 2 aromatic carbocycles. The molecule has 5 N–H and O–H groups in total. The first kappa shape index (κ1) is 28.5. The lowest BCUT2D eigenvalue weighted by atomic mass is 10.1. The molecule has 10 nitrogen and oxygen atoms in total. The number of carbonyl (C=O) groups is 3. The minimum Gasteiger partial charge on any atom is -0.391 e. The molecule has 2 rings (SSSR count). The Morgan fingerprint density at radius 3 is 1.97 bits per heavy atom. The molecule has 0 spiro atoms. The smallest absolute Gasteiger partial charge is 0.268 e. The second-order valence-corrected chi connectivity index (χ2v) is 8.66. The van der Waals surface area contributed by atoms with Gasteiger partial charge in [0.1, 0.15) is 6.04 Å². The highest BCUT2D eigenvalue weighted by atomic mass is 16.5. The second-order valence-electron chi connectivity index (χ2n) is 8.66. The topological polar surface area (TPSA) is 134 Å². The first-order valence-electron chi connectivity index (χ1n) is 11.4. The van der Waals surface area contributed by atoms with Gasteiger partial charge in [0.2, 0.25) is 5.91 Å². The minimum absolute atomic E-state index is 0.0871. The van der Waals surface area contributed by atoms with Gasteiger partial charge >= 0.3 is 0 Å². The van der Waals surface area contributed by atoms with Gasteiger partial charge in [-0.05, 0) is 76.6 Å². The Hall–Kier alpha value is -3.75. The normalized spacial score (nSPS) is 12.3. The summed E-state index contributed by atoms with van der Waals surface area (Å²) in [7, 11) is 5.89. The Balaban J connectivity index is 1.93. The highest BCUT2D eigenvalue weighted by Gasteiger charge is 2.25. The zero-order valence-corrected chi connectivity index (χ0v) is 20.9. The summed E-state index contributed by atoms with van der Waals surface area (Å²) in [5, 5.41) is 23.6. The molecular formula is C26H33N5O5. The zero-order valence-electron chi connectivity index (χ0n) is 20.9. The molecule has 36 heavy (non-hydrogen) atoms. The number of aliphatic hydroxyl groups is 1. The fraction of sp³-hybridized carbons (Fsp3) is 0.346. The van der Waals surface area contributed by atoms with E-state index in [0.717, 1.165) is 18.7 Å². The number of nitrogens with zero attached hydrogens (tertiary/aromatic N) is 2. The Morgan fingerprint density at radius 2 is 1.47 bits per heavy atom. The molecule has 0 saturated carbocycles. The average Bonchev–Trinajstić information content (AvgIpc) is 2.85. The Morgan fingerprint density at radius 1 is 0.917 bits per heavy atom. The van der Waals surface area contributed by atoms with Crippen molar-refractivity contribution in [2.75, 3.05) is 46.1 Å². The number of amides is 3. The van der Waals surface area contributed by atoms with Crippen molar-refractivity contribution in [3.05, 3.63) is 65.2 Å². The van der Waals surface area contributed by atoms with Gasteiger partial charge in [-0.25, -0.2) is 5.48 Å². The minimum atomic E-state index is -1.29. The molecule has 2 unspecified atom stereocenters. The first-order valence-corrected chi connectivity index (χ1v) is 11.4. The lowest BCUT2D eigenvalue weighted by Crippen LogP contribution is -2.51. The molecule has 0 heterocycles. The number of hydrogen-bond donors (Lipinski definition) is 5. The van der Waals surface area contributed by atoms with E-state index in [1.54, 1.807) is 36.4 Å². The molecule has 0 bridgehead atoms. The fourth-order valence-electron chi connectivity index (χ4n) is 3.08. The standard InChI is InChI=1S/C26H33N5O5/c1-18(32)24(26(35)29-36)28-25(34)21-11-7-19(8-12-21)5-6-20-9-13-22(14-10-20)27-23(33)17-31(4)16-15-30(2)3/h7-14,18,24,32,36H,15-17H2,1-4H3,(H,27,33)(H,28,34)(H,29,35). The van der Waals surface area contributed by atoms with Crippen molar-refractivity contribution < 1.29 is 24.7 Å². The molecule has 2 atom stereocenters. The van der Waals surface area contributed by atoms with Gasteiger partial charge in [-0.1, -0.05) is 11.8 Å². The highest BCUT2D eigenvalue weighted by Crippen LogP contribution is 2.10. The number of nitrogens with one attached hydrogen (secondary N) is 3. The van der Waals surface area contributed by atoms with Gasteiger partial charge in [0.15, 0.2) is 0 Å². The van der Waals surface area contributed by atoms with Crippen molar-refractivity contribution in [2.24, 2.45) is 0 Å². The lowest BCUT2D eigenvalue weighted by Gasteiger charge is -2.19. The average molecular weight is 496 g/mol. The molecule has 0 aliphatic carbocycles. The molecule has 2 aromatic rings. The Kier molecular flexibility index (Phi) is 11.1. The summed E-state index contributed by atoms with van der Waals surface area (Å²) >= 11 is 0. The third-order valence-corrected chi connectivity index (χ3v) is 5.17. The van der Waals surface area contributed by atoms with E-state index in [1.807, 2.05) is 38.2 Å². The number of benzene rings is 2. The number of hydrogen-bond acceptors (Lipinski definition) is 7. The van der Waals surface area contributed by atoms with Crippen LogP contribution in [0.3, 0.4) is 0 Å². The van der Waals surface area contributed by atoms with Gasteiger partial charge in [0.05, 0.1) is 12.6 Å². The van der Waals surface area contributed by atoms with Crippen LogP contribution in [-0.2, 0) is 9.59 Å². The predicted molar refractivity (Wildman–Crippen MR) is 136 cm³/mol. The van der Waals surface area contributed by atoms with E-state index in [1.165, 1.54) is 12.4 Å². The van der Waals surface area contributed by atoms with E-state index in [4.69, 9.17) is 5.21 Å². The fourth-order valence-corrected chi connectivity index (χ4v) is 3.08. The molecule has 0 radical (unpaired) electrons. The van der Waals surface area contributed by atoms with Crippen LogP contribution >= 0.6 is 0 Å². The maximum Gasteiger partial charge on any atom is 0.268 e. The number of likely N-dealkylation sites (N-methyl/N-ethyl adjacent to an activating group) is 2. The summed E-state index contributed by atoms with van der Waals surface area (Å²) in [6, 6.07) is 12.3. The van der Waals surface area contributed by atoms with E-state index in [2.05, 4.69) is 27.4 Å². The van der Waals surface area contributed by atoms with Gasteiger partial charge in [-0.2, -0.15) is 0 Å². The lowest BCUT2D eigenvalue weighted by molar-refractivity contribution is -0.133. The monoisotopic (exact) mass is 495 g/mol. The van der Waals surface area contributed by atoms with E-state index < -0.39 is 24.0 Å². The summed E-state index contributed by atoms with van der Waals surface area (Å²) in [4.78, 5) is 40.2. The van der Waals surface area contributed by atoms with Crippen LogP contribution in [0.4, 0.5) is 5.69 Å². The van der Waals surface area contributed by atoms with Gasteiger partial charge < -0.3 is 20.6 Å². The van der Waals surface area contributed by atoms with Crippen LogP contribution < -0.4 is 16.1 Å². The second kappa shape index (κ2) is 14.0. The molecular weight excluding hydrogens is 462 g/mol. The van der Waals surface area contributed by atoms with E-state index in [-0.39, 0.29) is 11.5 Å². The van der Waals surface area contributed by atoms with Crippen molar-refractivity contribution in [1.29, 1.82) is 0 Å². The van der Waals surface area contributed by atoms with Crippen LogP contribution in [0, 0.1) is 11.8 Å². The first-order chi connectivity index (χ1) is 17.1. The van der Waals surface area contributed by atoms with Crippen LogP contribution in [0.5, 0.6) is 0 Å². The largest absolute Gasteiger partial charge is 0.391 e. The molecule has 3 amide bonds. The predicted octanol–water partition coefficient (Wildman–Crippen LogP) is 0.503. The molecule has 0 fully saturated rings. The maximum atomic E-state index is 12.3. The third kappa shape index (κ3) is 9.48. The molecule has 0 aliphatic rings. The molecule has 0 aromatic heterocycles. The van der Waals surface area contributed by atoms with Crippen LogP contribution in [0.1, 0.15) is 28.4 Å². The summed E-state index contributed by atoms with van der Waals surface area (Å²) in [5.41, 5.74) is 3.80. The maximum absolute atomic E-state index is 12.3. The molecule has 0 aliphatic heterocycles. The summed E-state index contributed by atoms with van der Waals surface area (Å²) < 4.78 is 0. The number of rotatable bonds is 10. The van der Waals surface area contributed by atoms with Gasteiger partial charge in [0.25, 0.3) is 11.8 Å². The van der Waals surface area contributed by atoms with Gasteiger partial charge in [-0.3, -0.25) is 24.5 Å². The van der Waals surface area contributed by atoms with Crippen LogP contribution in [0.2, 0.25) is 0 Å². The van der Waals surface area contributed by atoms with Crippen molar-refractivity contribution in [1.82, 2.24) is 20.6 Å². The van der Waals surface area contributed by atoms with E-state index in [0.29, 0.717) is 17.8 Å². The summed E-state index contributed by atoms with van der Waals surface area (Å²) in [6.07, 6.45) is -1.19. The Bertz CT molecular complexity index is 1090. The van der Waals surface area contributed by atoms with E-state index in [9.17, 15) is 19.5 Å². The van der Waals surface area contributed by atoms with Crippen molar-refractivity contribution >= 4 is 23.4 Å². The number of hydroxylamine groups is 1. The van der Waals surface area contributed by atoms with Gasteiger partial charge in [0, 0.05) is 35.5 Å². The van der Waals surface area contributed by atoms with Crippen LogP contribution in [0.15, 0.2) is 48.5 Å². The summed E-state index contributed by atoms with van der Waals surface area (Å²) in [6.45, 7) is 3.30. The van der Waals surface area contributed by atoms with Crippen LogP contribution in [-0.4, -0.2) is 90.8 Å². The van der Waals surface area contributed by atoms with Crippen molar-refractivity contribution in [2.45, 2.75) is 19.1 Å². The van der Waals surface area contributed by atoms with Crippen LogP contribution in [0.25, 0.3) is 0 Å².